The van der Waals surface area contributed by atoms with Gasteiger partial charge in [-0.1, -0.05) is 48.0 Å². The zero-order valence-corrected chi connectivity index (χ0v) is 15.5. The van der Waals surface area contributed by atoms with Crippen LogP contribution < -0.4 is 5.32 Å². The maximum atomic E-state index is 13.6. The van der Waals surface area contributed by atoms with Crippen molar-refractivity contribution in [1.29, 1.82) is 0 Å². The zero-order chi connectivity index (χ0) is 19.8. The molecule has 1 N–H and O–H groups in total. The second-order valence-corrected chi connectivity index (χ2v) is 6.67. The molecule has 0 atom stereocenters. The molecular weight excluding hydrogens is 384 g/mol. The number of aryl methyl sites for hydroxylation is 1. The van der Waals surface area contributed by atoms with Crippen LogP contribution in [0, 0.1) is 18.6 Å². The number of benzene rings is 2. The number of carbonyl (C=O) groups excluding carboxylic acids is 1. The Labute approximate surface area is 164 Å². The molecule has 4 nitrogen and oxygen atoms in total. The predicted molar refractivity (Wildman–Crippen MR) is 105 cm³/mol. The Morgan fingerprint density at radius 2 is 1.79 bits per heavy atom. The van der Waals surface area contributed by atoms with Crippen molar-refractivity contribution in [3.63, 3.8) is 0 Å². The fraction of sp³-hybridized carbons (Fsp3) is 0.0476. The van der Waals surface area contributed by atoms with Gasteiger partial charge < -0.3 is 5.32 Å². The fourth-order valence-corrected chi connectivity index (χ4v) is 3.23. The second-order valence-electron chi connectivity index (χ2n) is 6.26. The summed E-state index contributed by atoms with van der Waals surface area (Å²) in [5, 5.41) is 2.57. The van der Waals surface area contributed by atoms with E-state index in [4.69, 9.17) is 11.6 Å². The minimum Gasteiger partial charge on any atom is -0.306 e. The lowest BCUT2D eigenvalue weighted by molar-refractivity contribution is 0.102. The molecule has 2 aromatic heterocycles. The van der Waals surface area contributed by atoms with Crippen molar-refractivity contribution in [2.24, 2.45) is 0 Å². The molecule has 140 valence electrons. The normalized spacial score (nSPS) is 11.0. The first-order valence-electron chi connectivity index (χ1n) is 8.44. The van der Waals surface area contributed by atoms with Gasteiger partial charge in [0.15, 0.2) is 11.6 Å². The fourth-order valence-electron chi connectivity index (χ4n) is 2.99. The Balaban J connectivity index is 1.85. The molecule has 4 rings (SSSR count). The molecule has 4 aromatic rings. The smallest absolute Gasteiger partial charge is 0.258 e. The van der Waals surface area contributed by atoms with Crippen LogP contribution >= 0.6 is 11.6 Å². The summed E-state index contributed by atoms with van der Waals surface area (Å²) in [6.45, 7) is 1.91. The number of carbonyl (C=O) groups is 1. The molecule has 0 aliphatic heterocycles. The summed E-state index contributed by atoms with van der Waals surface area (Å²) >= 11 is 5.95. The van der Waals surface area contributed by atoms with E-state index in [2.05, 4.69) is 10.3 Å². The van der Waals surface area contributed by atoms with Crippen molar-refractivity contribution < 1.29 is 13.6 Å². The van der Waals surface area contributed by atoms with E-state index in [0.29, 0.717) is 17.2 Å². The highest BCUT2D eigenvalue weighted by molar-refractivity contribution is 6.34. The molecule has 0 aliphatic carbocycles. The number of aromatic nitrogens is 2. The van der Waals surface area contributed by atoms with Crippen molar-refractivity contribution in [2.75, 3.05) is 5.32 Å². The molecule has 2 aromatic carbocycles. The van der Waals surface area contributed by atoms with Crippen molar-refractivity contribution >= 4 is 29.0 Å². The van der Waals surface area contributed by atoms with Crippen LogP contribution in [-0.4, -0.2) is 15.3 Å². The minimum atomic E-state index is -1.15. The number of hydrogen-bond acceptors (Lipinski definition) is 2. The Kier molecular flexibility index (Phi) is 4.57. The molecule has 0 fully saturated rings. The maximum absolute atomic E-state index is 13.6. The van der Waals surface area contributed by atoms with Gasteiger partial charge in [0.25, 0.3) is 5.91 Å². The van der Waals surface area contributed by atoms with Gasteiger partial charge in [-0.25, -0.2) is 13.8 Å². The number of rotatable bonds is 3. The topological polar surface area (TPSA) is 46.4 Å². The van der Waals surface area contributed by atoms with Crippen molar-refractivity contribution in [2.45, 2.75) is 6.92 Å². The van der Waals surface area contributed by atoms with Gasteiger partial charge in [0.1, 0.15) is 17.2 Å². The molecule has 1 amide bonds. The van der Waals surface area contributed by atoms with E-state index in [1.807, 2.05) is 49.4 Å². The highest BCUT2D eigenvalue weighted by Gasteiger charge is 2.20. The maximum Gasteiger partial charge on any atom is 0.258 e. The second kappa shape index (κ2) is 7.05. The van der Waals surface area contributed by atoms with E-state index in [0.717, 1.165) is 23.3 Å². The number of anilines is 1. The van der Waals surface area contributed by atoms with E-state index in [1.165, 1.54) is 0 Å². The molecule has 7 heteroatoms. The summed E-state index contributed by atoms with van der Waals surface area (Å²) in [5.41, 5.74) is 2.79. The Morgan fingerprint density at radius 1 is 1.07 bits per heavy atom. The first-order valence-corrected chi connectivity index (χ1v) is 8.82. The minimum absolute atomic E-state index is 0.165. The molecule has 0 spiro atoms. The number of amides is 1. The van der Waals surface area contributed by atoms with Gasteiger partial charge in [0.05, 0.1) is 10.6 Å². The Hall–Kier alpha value is -3.25. The van der Waals surface area contributed by atoms with Crippen LogP contribution in [0.1, 0.15) is 15.9 Å². The summed E-state index contributed by atoms with van der Waals surface area (Å²) in [6, 6.07) is 14.7. The van der Waals surface area contributed by atoms with Crippen molar-refractivity contribution in [3.05, 3.63) is 88.6 Å². The molecular formula is C21H14ClF2N3O. The monoisotopic (exact) mass is 397 g/mol. The third-order valence-electron chi connectivity index (χ3n) is 4.38. The van der Waals surface area contributed by atoms with Gasteiger partial charge >= 0.3 is 0 Å². The summed E-state index contributed by atoms with van der Waals surface area (Å²) in [4.78, 5) is 17.4. The van der Waals surface area contributed by atoms with Gasteiger partial charge in [-0.2, -0.15) is 0 Å². The van der Waals surface area contributed by atoms with Crippen LogP contribution in [0.2, 0.25) is 5.02 Å². The van der Waals surface area contributed by atoms with Gasteiger partial charge in [-0.3, -0.25) is 9.20 Å². The van der Waals surface area contributed by atoms with Crippen LogP contribution in [0.3, 0.4) is 0 Å². The lowest BCUT2D eigenvalue weighted by Crippen LogP contribution is -2.15. The molecule has 0 radical (unpaired) electrons. The third kappa shape index (κ3) is 3.12. The average Bonchev–Trinajstić information content (AvgIpc) is 3.05. The number of nitrogens with one attached hydrogen (secondary N) is 1. The van der Waals surface area contributed by atoms with Gasteiger partial charge in [-0.05, 0) is 30.7 Å². The van der Waals surface area contributed by atoms with Gasteiger partial charge in [0, 0.05) is 11.8 Å². The van der Waals surface area contributed by atoms with Crippen molar-refractivity contribution in [3.8, 4) is 11.3 Å². The number of halogens is 3. The van der Waals surface area contributed by atoms with Crippen LogP contribution in [0.25, 0.3) is 16.9 Å². The highest BCUT2D eigenvalue weighted by atomic mass is 35.5. The number of pyridine rings is 1. The van der Waals surface area contributed by atoms with E-state index < -0.39 is 17.5 Å². The first kappa shape index (κ1) is 18.1. The van der Waals surface area contributed by atoms with Crippen LogP contribution in [0.4, 0.5) is 14.6 Å². The first-order chi connectivity index (χ1) is 13.5. The van der Waals surface area contributed by atoms with Crippen LogP contribution in [-0.2, 0) is 0 Å². The lowest BCUT2D eigenvalue weighted by atomic mass is 10.1. The van der Waals surface area contributed by atoms with E-state index >= 15 is 0 Å². The quantitative estimate of drug-likeness (QED) is 0.464. The standard InChI is InChI=1S/C21H14ClF2N3O/c1-12-6-5-9-27-19(12)25-18(13-7-3-2-4-8-13)20(27)26-21(28)14-10-16(23)17(24)11-15(14)22/h2-11H,1H3,(H,26,28). The lowest BCUT2D eigenvalue weighted by Gasteiger charge is -2.10. The summed E-state index contributed by atoms with van der Waals surface area (Å²) < 4.78 is 28.7. The van der Waals surface area contributed by atoms with E-state index in [-0.39, 0.29) is 10.6 Å². The highest BCUT2D eigenvalue weighted by Crippen LogP contribution is 2.31. The van der Waals surface area contributed by atoms with Gasteiger partial charge in [0.2, 0.25) is 0 Å². The molecule has 0 saturated heterocycles. The number of hydrogen-bond donors (Lipinski definition) is 1. The van der Waals surface area contributed by atoms with E-state index in [9.17, 15) is 13.6 Å². The van der Waals surface area contributed by atoms with Crippen molar-refractivity contribution in [1.82, 2.24) is 9.38 Å². The molecule has 0 bridgehead atoms. The predicted octanol–water partition coefficient (Wildman–Crippen LogP) is 5.49. The largest absolute Gasteiger partial charge is 0.306 e. The average molecular weight is 398 g/mol. The number of fused-ring (bicyclic) bond motifs is 1. The summed E-state index contributed by atoms with van der Waals surface area (Å²) in [6.07, 6.45) is 1.77. The summed E-state index contributed by atoms with van der Waals surface area (Å²) in [7, 11) is 0. The molecule has 2 heterocycles. The van der Waals surface area contributed by atoms with Crippen LogP contribution in [0.15, 0.2) is 60.8 Å². The SMILES string of the molecule is Cc1cccn2c(NC(=O)c3cc(F)c(F)cc3Cl)c(-c3ccccc3)nc12. The van der Waals surface area contributed by atoms with Gasteiger partial charge in [-0.15, -0.1) is 0 Å². The Morgan fingerprint density at radius 3 is 2.54 bits per heavy atom. The van der Waals surface area contributed by atoms with Crippen LogP contribution in [0.5, 0.6) is 0 Å². The summed E-state index contributed by atoms with van der Waals surface area (Å²) in [5.74, 6) is -2.51. The van der Waals surface area contributed by atoms with E-state index in [1.54, 1.807) is 10.6 Å². The molecule has 0 unspecified atom stereocenters. The molecule has 0 saturated carbocycles. The third-order valence-corrected chi connectivity index (χ3v) is 4.69. The number of imidazole rings is 1. The molecule has 28 heavy (non-hydrogen) atoms. The number of nitrogens with zero attached hydrogens (tertiary/aromatic N) is 2. The molecule has 0 aliphatic rings. The zero-order valence-electron chi connectivity index (χ0n) is 14.7. The Bertz CT molecular complexity index is 1210.